The van der Waals surface area contributed by atoms with Gasteiger partial charge in [0.25, 0.3) is 0 Å². The third-order valence-corrected chi connectivity index (χ3v) is 3.30. The number of ether oxygens (including phenoxy) is 1. The van der Waals surface area contributed by atoms with Gasteiger partial charge in [0.2, 0.25) is 5.88 Å². The lowest BCUT2D eigenvalue weighted by atomic mass is 10.1. The van der Waals surface area contributed by atoms with Gasteiger partial charge in [-0.1, -0.05) is 19.4 Å². The van der Waals surface area contributed by atoms with Crippen LogP contribution in [-0.2, 0) is 6.42 Å². The maximum Gasteiger partial charge on any atom is 0.335 e. The first-order chi connectivity index (χ1) is 9.58. The third-order valence-electron chi connectivity index (χ3n) is 2.63. The Morgan fingerprint density at radius 1 is 1.35 bits per heavy atom. The molecule has 0 amide bonds. The quantitative estimate of drug-likeness (QED) is 0.789. The second-order valence-electron chi connectivity index (χ2n) is 4.30. The van der Waals surface area contributed by atoms with Crippen molar-refractivity contribution in [3.05, 3.63) is 51.2 Å². The van der Waals surface area contributed by atoms with Gasteiger partial charge < -0.3 is 9.84 Å². The second-order valence-corrected chi connectivity index (χ2v) is 5.55. The van der Waals surface area contributed by atoms with E-state index in [0.717, 1.165) is 22.1 Å². The molecule has 1 aromatic carbocycles. The molecule has 104 valence electrons. The van der Waals surface area contributed by atoms with Crippen LogP contribution in [0.5, 0.6) is 11.6 Å². The Morgan fingerprint density at radius 2 is 2.15 bits per heavy atom. The SMILES string of the molecule is CCCc1cc(C(=O)O)cc(Oc2cccc(I)c2)n1. The summed E-state index contributed by atoms with van der Waals surface area (Å²) in [7, 11) is 0. The highest BCUT2D eigenvalue weighted by Gasteiger charge is 2.10. The molecule has 0 atom stereocenters. The molecule has 5 heteroatoms. The zero-order chi connectivity index (χ0) is 14.5. The Kier molecular flexibility index (Phi) is 4.94. The molecule has 20 heavy (non-hydrogen) atoms. The largest absolute Gasteiger partial charge is 0.478 e. The van der Waals surface area contributed by atoms with Crippen LogP contribution in [0.4, 0.5) is 0 Å². The normalized spacial score (nSPS) is 10.3. The highest BCUT2D eigenvalue weighted by Crippen LogP contribution is 2.23. The van der Waals surface area contributed by atoms with Crippen LogP contribution in [0.3, 0.4) is 0 Å². The first-order valence-corrected chi connectivity index (χ1v) is 7.34. The topological polar surface area (TPSA) is 59.4 Å². The van der Waals surface area contributed by atoms with Crippen molar-refractivity contribution in [3.8, 4) is 11.6 Å². The van der Waals surface area contributed by atoms with Crippen molar-refractivity contribution in [2.24, 2.45) is 0 Å². The Bertz CT molecular complexity index is 628. The molecule has 0 radical (unpaired) electrons. The maximum atomic E-state index is 11.1. The highest BCUT2D eigenvalue weighted by molar-refractivity contribution is 14.1. The van der Waals surface area contributed by atoms with E-state index in [1.165, 1.54) is 6.07 Å². The zero-order valence-corrected chi connectivity index (χ0v) is 13.1. The first kappa shape index (κ1) is 14.8. The van der Waals surface area contributed by atoms with Gasteiger partial charge in [-0.05, 0) is 53.3 Å². The standard InChI is InChI=1S/C15H14INO3/c1-2-4-12-7-10(15(18)19)8-14(17-12)20-13-6-3-5-11(16)9-13/h3,5-9H,2,4H2,1H3,(H,18,19). The molecule has 1 heterocycles. The number of aryl methyl sites for hydroxylation is 1. The van der Waals surface area contributed by atoms with E-state index in [9.17, 15) is 4.79 Å². The van der Waals surface area contributed by atoms with Crippen molar-refractivity contribution in [1.82, 2.24) is 4.98 Å². The lowest BCUT2D eigenvalue weighted by Gasteiger charge is -2.08. The lowest BCUT2D eigenvalue weighted by Crippen LogP contribution is -2.02. The van der Waals surface area contributed by atoms with Crippen LogP contribution < -0.4 is 4.74 Å². The fraction of sp³-hybridized carbons (Fsp3) is 0.200. The number of hydrogen-bond donors (Lipinski definition) is 1. The predicted octanol–water partition coefficient (Wildman–Crippen LogP) is 4.13. The van der Waals surface area contributed by atoms with E-state index < -0.39 is 5.97 Å². The second kappa shape index (κ2) is 6.69. The molecule has 0 aliphatic heterocycles. The van der Waals surface area contributed by atoms with E-state index in [0.29, 0.717) is 11.6 Å². The molecular formula is C15H14INO3. The molecule has 0 aliphatic carbocycles. The van der Waals surface area contributed by atoms with E-state index in [-0.39, 0.29) is 5.56 Å². The van der Waals surface area contributed by atoms with Crippen LogP contribution in [0.15, 0.2) is 36.4 Å². The van der Waals surface area contributed by atoms with Gasteiger partial charge in [0.15, 0.2) is 0 Å². The number of aromatic carboxylic acids is 1. The summed E-state index contributed by atoms with van der Waals surface area (Å²) in [5, 5.41) is 9.13. The van der Waals surface area contributed by atoms with Crippen LogP contribution in [0.2, 0.25) is 0 Å². The van der Waals surface area contributed by atoms with Crippen molar-refractivity contribution in [2.45, 2.75) is 19.8 Å². The number of pyridine rings is 1. The number of carboxylic acid groups (broad SMARTS) is 1. The summed E-state index contributed by atoms with van der Waals surface area (Å²) >= 11 is 2.19. The number of rotatable bonds is 5. The first-order valence-electron chi connectivity index (χ1n) is 6.26. The Morgan fingerprint density at radius 3 is 2.80 bits per heavy atom. The summed E-state index contributed by atoms with van der Waals surface area (Å²) < 4.78 is 6.70. The minimum Gasteiger partial charge on any atom is -0.478 e. The Labute approximate surface area is 130 Å². The van der Waals surface area contributed by atoms with Gasteiger partial charge in [-0.25, -0.2) is 9.78 Å². The van der Waals surface area contributed by atoms with Gasteiger partial charge in [0.1, 0.15) is 5.75 Å². The van der Waals surface area contributed by atoms with E-state index in [2.05, 4.69) is 27.6 Å². The van der Waals surface area contributed by atoms with Crippen LogP contribution in [0.1, 0.15) is 29.4 Å². The van der Waals surface area contributed by atoms with Crippen molar-refractivity contribution >= 4 is 28.6 Å². The number of benzene rings is 1. The number of halogens is 1. The summed E-state index contributed by atoms with van der Waals surface area (Å²) in [6.07, 6.45) is 1.63. The van der Waals surface area contributed by atoms with Crippen LogP contribution in [-0.4, -0.2) is 16.1 Å². The highest BCUT2D eigenvalue weighted by atomic mass is 127. The number of carboxylic acids is 1. The summed E-state index contributed by atoms with van der Waals surface area (Å²) in [6.45, 7) is 2.02. The van der Waals surface area contributed by atoms with Gasteiger partial charge in [0.05, 0.1) is 5.56 Å². The number of hydrogen-bond acceptors (Lipinski definition) is 3. The predicted molar refractivity (Wildman–Crippen MR) is 84.4 cm³/mol. The monoisotopic (exact) mass is 383 g/mol. The molecule has 1 aromatic heterocycles. The van der Waals surface area contributed by atoms with Crippen molar-refractivity contribution in [3.63, 3.8) is 0 Å². The summed E-state index contributed by atoms with van der Waals surface area (Å²) in [5.74, 6) is -0.0121. The smallest absolute Gasteiger partial charge is 0.335 e. The van der Waals surface area contributed by atoms with Crippen molar-refractivity contribution in [1.29, 1.82) is 0 Å². The molecule has 0 saturated heterocycles. The molecule has 0 bridgehead atoms. The molecule has 0 fully saturated rings. The maximum absolute atomic E-state index is 11.1. The van der Waals surface area contributed by atoms with Crippen LogP contribution in [0.25, 0.3) is 0 Å². The van der Waals surface area contributed by atoms with Gasteiger partial charge >= 0.3 is 5.97 Å². The molecule has 2 rings (SSSR count). The van der Waals surface area contributed by atoms with Gasteiger partial charge in [-0.15, -0.1) is 0 Å². The fourth-order valence-electron chi connectivity index (χ4n) is 1.77. The molecule has 0 unspecified atom stereocenters. The number of aromatic nitrogens is 1. The van der Waals surface area contributed by atoms with Crippen LogP contribution in [0, 0.1) is 3.57 Å². The molecular weight excluding hydrogens is 369 g/mol. The average molecular weight is 383 g/mol. The lowest BCUT2D eigenvalue weighted by molar-refractivity contribution is 0.0696. The van der Waals surface area contributed by atoms with E-state index >= 15 is 0 Å². The van der Waals surface area contributed by atoms with E-state index in [1.807, 2.05) is 31.2 Å². The average Bonchev–Trinajstić information content (AvgIpc) is 2.38. The Hall–Kier alpha value is -1.63. The third kappa shape index (κ3) is 3.93. The minimum atomic E-state index is -0.975. The summed E-state index contributed by atoms with van der Waals surface area (Å²) in [6, 6.07) is 10.6. The van der Waals surface area contributed by atoms with Crippen molar-refractivity contribution in [2.75, 3.05) is 0 Å². The molecule has 0 aliphatic rings. The van der Waals surface area contributed by atoms with Gasteiger partial charge in [0, 0.05) is 15.3 Å². The van der Waals surface area contributed by atoms with Gasteiger partial charge in [-0.3, -0.25) is 0 Å². The Balaban J connectivity index is 2.32. The molecule has 4 nitrogen and oxygen atoms in total. The molecule has 0 spiro atoms. The van der Waals surface area contributed by atoms with E-state index in [4.69, 9.17) is 9.84 Å². The number of carbonyl (C=O) groups is 1. The minimum absolute atomic E-state index is 0.198. The molecule has 0 saturated carbocycles. The summed E-state index contributed by atoms with van der Waals surface area (Å²) in [5.41, 5.74) is 0.928. The van der Waals surface area contributed by atoms with Gasteiger partial charge in [-0.2, -0.15) is 0 Å². The van der Waals surface area contributed by atoms with Crippen LogP contribution >= 0.6 is 22.6 Å². The molecule has 1 N–H and O–H groups in total. The fourth-order valence-corrected chi connectivity index (χ4v) is 2.29. The zero-order valence-electron chi connectivity index (χ0n) is 11.0. The summed E-state index contributed by atoms with van der Waals surface area (Å²) in [4.78, 5) is 15.5. The molecule has 2 aromatic rings. The van der Waals surface area contributed by atoms with Crippen molar-refractivity contribution < 1.29 is 14.6 Å². The number of nitrogens with zero attached hydrogens (tertiary/aromatic N) is 1. The van der Waals surface area contributed by atoms with E-state index in [1.54, 1.807) is 6.07 Å².